The van der Waals surface area contributed by atoms with Crippen molar-refractivity contribution in [3.8, 4) is 0 Å². The Labute approximate surface area is 165 Å². The molecule has 0 aliphatic carbocycles. The molecule has 0 bridgehead atoms. The SMILES string of the molecule is Cn1cc(C=NO[Si](c2ccccc2)(c2ccccc2)c2ccccc2)cn1. The zero-order chi connectivity index (χ0) is 19.2. The first-order chi connectivity index (χ1) is 13.8. The van der Waals surface area contributed by atoms with Gasteiger partial charge in [-0.25, -0.2) is 0 Å². The number of aryl methyl sites for hydroxylation is 1. The van der Waals surface area contributed by atoms with Crippen LogP contribution >= 0.6 is 0 Å². The summed E-state index contributed by atoms with van der Waals surface area (Å²) >= 11 is 0. The van der Waals surface area contributed by atoms with Gasteiger partial charge < -0.3 is 4.53 Å². The van der Waals surface area contributed by atoms with Crippen LogP contribution in [0.2, 0.25) is 0 Å². The minimum Gasteiger partial charge on any atom is -0.438 e. The normalized spacial score (nSPS) is 11.6. The summed E-state index contributed by atoms with van der Waals surface area (Å²) in [4.78, 5) is 0. The molecule has 3 aromatic carbocycles. The predicted octanol–water partition coefficient (Wildman–Crippen LogP) is 2.44. The van der Waals surface area contributed by atoms with Crippen LogP contribution < -0.4 is 15.6 Å². The van der Waals surface area contributed by atoms with Crippen molar-refractivity contribution >= 4 is 30.1 Å². The molecule has 0 radical (unpaired) electrons. The van der Waals surface area contributed by atoms with E-state index in [1.807, 2.05) is 31.4 Å². The molecule has 5 heteroatoms. The highest BCUT2D eigenvalue weighted by atomic mass is 28.4. The quantitative estimate of drug-likeness (QED) is 0.222. The van der Waals surface area contributed by atoms with Gasteiger partial charge in [-0.2, -0.15) is 5.10 Å². The molecule has 0 aliphatic rings. The summed E-state index contributed by atoms with van der Waals surface area (Å²) in [6, 6.07) is 31.2. The van der Waals surface area contributed by atoms with Gasteiger partial charge in [0.05, 0.1) is 12.4 Å². The second-order valence-electron chi connectivity index (χ2n) is 6.55. The zero-order valence-electron chi connectivity index (χ0n) is 15.6. The molecule has 1 heterocycles. The van der Waals surface area contributed by atoms with Crippen molar-refractivity contribution < 1.29 is 4.53 Å². The Morgan fingerprint density at radius 3 is 1.64 bits per heavy atom. The second-order valence-corrected chi connectivity index (χ2v) is 9.83. The van der Waals surface area contributed by atoms with Gasteiger partial charge in [0.15, 0.2) is 0 Å². The van der Waals surface area contributed by atoms with Gasteiger partial charge in [0.25, 0.3) is 0 Å². The standard InChI is InChI=1S/C23H21N3OSi/c1-26-19-20(17-24-26)18-25-27-28(21-11-5-2-6-12-21,22-13-7-3-8-14-22)23-15-9-4-10-16-23/h2-19H,1H3. The van der Waals surface area contributed by atoms with Gasteiger partial charge in [-0.15, -0.1) is 5.16 Å². The minimum atomic E-state index is -2.80. The first-order valence-corrected chi connectivity index (χ1v) is 11.1. The highest BCUT2D eigenvalue weighted by Gasteiger charge is 2.44. The van der Waals surface area contributed by atoms with Crippen molar-refractivity contribution in [1.29, 1.82) is 0 Å². The summed E-state index contributed by atoms with van der Waals surface area (Å²) in [6.07, 6.45) is 5.40. The maximum absolute atomic E-state index is 6.47. The molecule has 4 rings (SSSR count). The molecular formula is C23H21N3OSi. The zero-order valence-corrected chi connectivity index (χ0v) is 16.6. The van der Waals surface area contributed by atoms with Crippen molar-refractivity contribution in [2.24, 2.45) is 12.2 Å². The van der Waals surface area contributed by atoms with E-state index >= 15 is 0 Å². The summed E-state index contributed by atoms with van der Waals surface area (Å²) in [5, 5.41) is 12.1. The van der Waals surface area contributed by atoms with Crippen molar-refractivity contribution in [2.45, 2.75) is 0 Å². The average Bonchev–Trinajstić information content (AvgIpc) is 3.18. The molecule has 0 N–H and O–H groups in total. The third kappa shape index (κ3) is 3.52. The van der Waals surface area contributed by atoms with Crippen molar-refractivity contribution in [3.05, 3.63) is 109 Å². The van der Waals surface area contributed by atoms with Gasteiger partial charge in [0.2, 0.25) is 0 Å². The molecule has 0 unspecified atom stereocenters. The van der Waals surface area contributed by atoms with Gasteiger partial charge in [-0.3, -0.25) is 4.68 Å². The van der Waals surface area contributed by atoms with Crippen LogP contribution in [0, 0.1) is 0 Å². The Morgan fingerprint density at radius 2 is 1.25 bits per heavy atom. The minimum absolute atomic E-state index is 0.902. The van der Waals surface area contributed by atoms with E-state index in [9.17, 15) is 0 Å². The maximum atomic E-state index is 6.47. The molecule has 0 amide bonds. The molecule has 4 nitrogen and oxygen atoms in total. The van der Waals surface area contributed by atoms with Crippen molar-refractivity contribution in [2.75, 3.05) is 0 Å². The lowest BCUT2D eigenvalue weighted by Crippen LogP contribution is -2.68. The Bertz CT molecular complexity index is 950. The van der Waals surface area contributed by atoms with Crippen LogP contribution in [0.4, 0.5) is 0 Å². The molecule has 0 fully saturated rings. The number of nitrogens with zero attached hydrogens (tertiary/aromatic N) is 3. The Balaban J connectivity index is 1.86. The van der Waals surface area contributed by atoms with Crippen LogP contribution in [0.1, 0.15) is 5.56 Å². The van der Waals surface area contributed by atoms with Crippen molar-refractivity contribution in [3.63, 3.8) is 0 Å². The number of hydrogen-bond donors (Lipinski definition) is 0. The van der Waals surface area contributed by atoms with Crippen molar-refractivity contribution in [1.82, 2.24) is 9.78 Å². The van der Waals surface area contributed by atoms with Crippen LogP contribution in [0.5, 0.6) is 0 Å². The lowest BCUT2D eigenvalue weighted by atomic mass is 10.3. The van der Waals surface area contributed by atoms with Crippen LogP contribution in [-0.4, -0.2) is 24.3 Å². The third-order valence-electron chi connectivity index (χ3n) is 4.66. The molecule has 0 atom stereocenters. The van der Waals surface area contributed by atoms with Crippen LogP contribution in [-0.2, 0) is 11.6 Å². The van der Waals surface area contributed by atoms with E-state index < -0.39 is 8.32 Å². The van der Waals surface area contributed by atoms with E-state index in [0.717, 1.165) is 21.1 Å². The molecule has 28 heavy (non-hydrogen) atoms. The smallest absolute Gasteiger partial charge is 0.380 e. The third-order valence-corrected chi connectivity index (χ3v) is 8.48. The summed E-state index contributed by atoms with van der Waals surface area (Å²) in [7, 11) is -0.912. The highest BCUT2D eigenvalue weighted by molar-refractivity contribution is 7.07. The van der Waals surface area contributed by atoms with Gasteiger partial charge in [-0.1, -0.05) is 91.0 Å². The molecule has 0 saturated carbocycles. The Kier molecular flexibility index (Phi) is 5.17. The average molecular weight is 384 g/mol. The number of oxime groups is 1. The molecule has 0 aliphatic heterocycles. The molecule has 0 saturated heterocycles. The molecule has 4 aromatic rings. The molecule has 1 aromatic heterocycles. The van der Waals surface area contributed by atoms with E-state index in [-0.39, 0.29) is 0 Å². The Hall–Kier alpha value is -3.44. The molecular weight excluding hydrogens is 362 g/mol. The summed E-state index contributed by atoms with van der Waals surface area (Å²) in [6.45, 7) is 0. The fourth-order valence-corrected chi connectivity index (χ4v) is 6.86. The van der Waals surface area contributed by atoms with E-state index in [2.05, 4.69) is 83.1 Å². The summed E-state index contributed by atoms with van der Waals surface area (Å²) in [5.41, 5.74) is 0.902. The second kappa shape index (κ2) is 8.06. The summed E-state index contributed by atoms with van der Waals surface area (Å²) in [5.74, 6) is 0. The van der Waals surface area contributed by atoms with E-state index in [0.29, 0.717) is 0 Å². The van der Waals surface area contributed by atoms with Crippen LogP contribution in [0.3, 0.4) is 0 Å². The lowest BCUT2D eigenvalue weighted by molar-refractivity contribution is 0.351. The lowest BCUT2D eigenvalue weighted by Gasteiger charge is -2.29. The van der Waals surface area contributed by atoms with Gasteiger partial charge in [0.1, 0.15) is 0 Å². The molecule has 0 spiro atoms. The fourth-order valence-electron chi connectivity index (χ4n) is 3.35. The van der Waals surface area contributed by atoms with E-state index in [1.54, 1.807) is 17.1 Å². The first-order valence-electron chi connectivity index (χ1n) is 9.16. The number of benzene rings is 3. The maximum Gasteiger partial charge on any atom is 0.380 e. The van der Waals surface area contributed by atoms with E-state index in [4.69, 9.17) is 4.53 Å². The monoisotopic (exact) mass is 383 g/mol. The van der Waals surface area contributed by atoms with Crippen LogP contribution in [0.25, 0.3) is 0 Å². The first kappa shape index (κ1) is 17.9. The predicted molar refractivity (Wildman–Crippen MR) is 116 cm³/mol. The topological polar surface area (TPSA) is 39.4 Å². The van der Waals surface area contributed by atoms with E-state index in [1.165, 1.54) is 0 Å². The number of aromatic nitrogens is 2. The van der Waals surface area contributed by atoms with Crippen LogP contribution in [0.15, 0.2) is 109 Å². The molecule has 138 valence electrons. The van der Waals surface area contributed by atoms with Gasteiger partial charge >= 0.3 is 8.32 Å². The van der Waals surface area contributed by atoms with Gasteiger partial charge in [-0.05, 0) is 15.6 Å². The number of rotatable bonds is 6. The summed E-state index contributed by atoms with van der Waals surface area (Å²) < 4.78 is 8.22. The van der Waals surface area contributed by atoms with Gasteiger partial charge in [0, 0.05) is 18.8 Å². The largest absolute Gasteiger partial charge is 0.438 e. The highest BCUT2D eigenvalue weighted by Crippen LogP contribution is 2.10. The number of hydrogen-bond acceptors (Lipinski definition) is 3. The Morgan fingerprint density at radius 1 is 0.786 bits per heavy atom. The fraction of sp³-hybridized carbons (Fsp3) is 0.0435.